The molecule has 2 aromatic rings. The summed E-state index contributed by atoms with van der Waals surface area (Å²) < 4.78 is 0. The Morgan fingerprint density at radius 3 is 2.21 bits per heavy atom. The van der Waals surface area contributed by atoms with Gasteiger partial charge in [-0.1, -0.05) is 66.2 Å². The summed E-state index contributed by atoms with van der Waals surface area (Å²) in [5.41, 5.74) is 4.63. The predicted molar refractivity (Wildman–Crippen MR) is 119 cm³/mol. The Kier molecular flexibility index (Phi) is 5.57. The van der Waals surface area contributed by atoms with Crippen LogP contribution in [0.4, 0.5) is 0 Å². The van der Waals surface area contributed by atoms with Crippen LogP contribution < -0.4 is 0 Å². The molecule has 3 aliphatic rings. The number of nitrogens with zero attached hydrogens (tertiary/aromatic N) is 2. The summed E-state index contributed by atoms with van der Waals surface area (Å²) in [4.78, 5) is 5.41. The SMILES string of the molecule is C1=C(CC[C@H]2CN(Cc3ccccc3)CCN2Cc2ccccc2)C2CC2S1. The van der Waals surface area contributed by atoms with Crippen molar-refractivity contribution in [1.29, 1.82) is 0 Å². The summed E-state index contributed by atoms with van der Waals surface area (Å²) in [5, 5.41) is 3.42. The summed E-state index contributed by atoms with van der Waals surface area (Å²) >= 11 is 2.09. The van der Waals surface area contributed by atoms with Crippen LogP contribution in [0.5, 0.6) is 0 Å². The van der Waals surface area contributed by atoms with Gasteiger partial charge in [0.15, 0.2) is 0 Å². The Bertz CT molecular complexity index is 804. The standard InChI is InChI=1S/C25H30N2S/c1-3-7-20(8-4-1)16-26-13-14-27(17-21-9-5-2-6-10-21)23(18-26)12-11-22-19-28-25-15-24(22)25/h1-10,19,23-25H,11-18H2/t23-,24?,25?/m0/s1. The van der Waals surface area contributed by atoms with E-state index >= 15 is 0 Å². The second-order valence-corrected chi connectivity index (χ2v) is 9.69. The third-order valence-corrected chi connectivity index (χ3v) is 7.84. The molecule has 28 heavy (non-hydrogen) atoms. The fourth-order valence-electron chi connectivity index (χ4n) is 4.79. The summed E-state index contributed by atoms with van der Waals surface area (Å²) in [5.74, 6) is 0.927. The highest BCUT2D eigenvalue weighted by atomic mass is 32.2. The van der Waals surface area contributed by atoms with Crippen molar-refractivity contribution in [2.45, 2.75) is 43.6 Å². The van der Waals surface area contributed by atoms with Crippen LogP contribution in [-0.4, -0.2) is 40.7 Å². The molecule has 2 aliphatic heterocycles. The van der Waals surface area contributed by atoms with Gasteiger partial charge in [0.05, 0.1) is 0 Å². The average Bonchev–Trinajstić information content (AvgIpc) is 3.41. The molecule has 2 fully saturated rings. The Hall–Kier alpha value is -1.55. The minimum atomic E-state index is 0.654. The lowest BCUT2D eigenvalue weighted by Gasteiger charge is -2.42. The smallest absolute Gasteiger partial charge is 0.0237 e. The number of rotatable bonds is 7. The van der Waals surface area contributed by atoms with E-state index in [2.05, 4.69) is 87.6 Å². The molecule has 2 nitrogen and oxygen atoms in total. The van der Waals surface area contributed by atoms with Gasteiger partial charge in [-0.15, -0.1) is 11.8 Å². The van der Waals surface area contributed by atoms with Crippen LogP contribution in [0.1, 0.15) is 30.4 Å². The quantitative estimate of drug-likeness (QED) is 0.644. The molecule has 0 spiro atoms. The normalized spacial score (nSPS) is 27.4. The van der Waals surface area contributed by atoms with E-state index in [9.17, 15) is 0 Å². The number of allylic oxidation sites excluding steroid dienone is 1. The van der Waals surface area contributed by atoms with E-state index in [1.165, 1.54) is 50.0 Å². The average molecular weight is 391 g/mol. The molecular formula is C25H30N2S. The molecule has 3 atom stereocenters. The Labute approximate surface area is 173 Å². The van der Waals surface area contributed by atoms with E-state index < -0.39 is 0 Å². The summed E-state index contributed by atoms with van der Waals surface area (Å²) in [6.07, 6.45) is 4.03. The van der Waals surface area contributed by atoms with Gasteiger partial charge in [0.1, 0.15) is 0 Å². The van der Waals surface area contributed by atoms with Gasteiger partial charge < -0.3 is 0 Å². The Balaban J connectivity index is 1.24. The van der Waals surface area contributed by atoms with Gasteiger partial charge in [0.25, 0.3) is 0 Å². The molecule has 0 amide bonds. The minimum absolute atomic E-state index is 0.654. The summed E-state index contributed by atoms with van der Waals surface area (Å²) in [7, 11) is 0. The van der Waals surface area contributed by atoms with Gasteiger partial charge in [0, 0.05) is 44.0 Å². The maximum atomic E-state index is 2.74. The van der Waals surface area contributed by atoms with Gasteiger partial charge in [-0.25, -0.2) is 0 Å². The molecule has 1 saturated carbocycles. The van der Waals surface area contributed by atoms with E-state index in [4.69, 9.17) is 0 Å². The largest absolute Gasteiger partial charge is 0.296 e. The second-order valence-electron chi connectivity index (χ2n) is 8.58. The van der Waals surface area contributed by atoms with Crippen molar-refractivity contribution in [1.82, 2.24) is 9.80 Å². The topological polar surface area (TPSA) is 6.48 Å². The molecule has 146 valence electrons. The summed E-state index contributed by atoms with van der Waals surface area (Å²) in [6.45, 7) is 5.70. The number of hydrogen-bond acceptors (Lipinski definition) is 3. The molecule has 2 heterocycles. The molecule has 2 unspecified atom stereocenters. The van der Waals surface area contributed by atoms with Crippen LogP contribution in [0.2, 0.25) is 0 Å². The van der Waals surface area contributed by atoms with Crippen molar-refractivity contribution >= 4 is 11.8 Å². The number of hydrogen-bond donors (Lipinski definition) is 0. The zero-order valence-corrected chi connectivity index (χ0v) is 17.4. The molecule has 0 N–H and O–H groups in total. The fraction of sp³-hybridized carbons (Fsp3) is 0.440. The third-order valence-electron chi connectivity index (χ3n) is 6.53. The van der Waals surface area contributed by atoms with E-state index in [1.54, 1.807) is 5.57 Å². The number of benzene rings is 2. The Morgan fingerprint density at radius 1 is 0.857 bits per heavy atom. The van der Waals surface area contributed by atoms with Crippen LogP contribution in [0.3, 0.4) is 0 Å². The first-order chi connectivity index (χ1) is 13.8. The molecule has 1 saturated heterocycles. The van der Waals surface area contributed by atoms with Crippen molar-refractivity contribution in [3.63, 3.8) is 0 Å². The molecular weight excluding hydrogens is 360 g/mol. The van der Waals surface area contributed by atoms with Crippen LogP contribution in [0, 0.1) is 5.92 Å². The van der Waals surface area contributed by atoms with Crippen LogP contribution in [-0.2, 0) is 13.1 Å². The van der Waals surface area contributed by atoms with Crippen LogP contribution in [0.15, 0.2) is 71.6 Å². The molecule has 0 radical (unpaired) electrons. The van der Waals surface area contributed by atoms with Gasteiger partial charge >= 0.3 is 0 Å². The molecule has 0 aromatic heterocycles. The maximum Gasteiger partial charge on any atom is 0.0237 e. The van der Waals surface area contributed by atoms with Gasteiger partial charge in [0.2, 0.25) is 0 Å². The van der Waals surface area contributed by atoms with Crippen molar-refractivity contribution in [3.8, 4) is 0 Å². The predicted octanol–water partition coefficient (Wildman–Crippen LogP) is 5.17. The number of piperazine rings is 1. The highest BCUT2D eigenvalue weighted by molar-refractivity contribution is 8.03. The van der Waals surface area contributed by atoms with Crippen molar-refractivity contribution < 1.29 is 0 Å². The minimum Gasteiger partial charge on any atom is -0.296 e. The highest BCUT2D eigenvalue weighted by Gasteiger charge is 2.43. The fourth-order valence-corrected chi connectivity index (χ4v) is 6.12. The first-order valence-electron chi connectivity index (χ1n) is 10.7. The van der Waals surface area contributed by atoms with E-state index in [0.29, 0.717) is 6.04 Å². The first-order valence-corrected chi connectivity index (χ1v) is 11.7. The molecule has 1 aliphatic carbocycles. The summed E-state index contributed by atoms with van der Waals surface area (Å²) in [6, 6.07) is 22.6. The second kappa shape index (κ2) is 8.44. The number of fused-ring (bicyclic) bond motifs is 1. The molecule has 2 aromatic carbocycles. The third kappa shape index (κ3) is 4.37. The van der Waals surface area contributed by atoms with Crippen molar-refractivity contribution in [2.75, 3.05) is 19.6 Å². The van der Waals surface area contributed by atoms with Gasteiger partial charge in [-0.05, 0) is 41.7 Å². The molecule has 0 bridgehead atoms. The molecule has 5 rings (SSSR count). The van der Waals surface area contributed by atoms with Crippen LogP contribution in [0.25, 0.3) is 0 Å². The van der Waals surface area contributed by atoms with E-state index in [0.717, 1.165) is 24.3 Å². The van der Waals surface area contributed by atoms with Gasteiger partial charge in [-0.2, -0.15) is 0 Å². The first kappa shape index (κ1) is 18.5. The Morgan fingerprint density at radius 2 is 1.57 bits per heavy atom. The van der Waals surface area contributed by atoms with Crippen LogP contribution >= 0.6 is 11.8 Å². The highest BCUT2D eigenvalue weighted by Crippen LogP contribution is 2.54. The van der Waals surface area contributed by atoms with E-state index in [-0.39, 0.29) is 0 Å². The van der Waals surface area contributed by atoms with Crippen molar-refractivity contribution in [3.05, 3.63) is 82.8 Å². The zero-order chi connectivity index (χ0) is 18.8. The van der Waals surface area contributed by atoms with E-state index in [1.807, 2.05) is 0 Å². The maximum absolute atomic E-state index is 2.74. The lowest BCUT2D eigenvalue weighted by Crippen LogP contribution is -2.52. The lowest BCUT2D eigenvalue weighted by atomic mass is 9.99. The zero-order valence-electron chi connectivity index (χ0n) is 16.5. The monoisotopic (exact) mass is 390 g/mol. The molecule has 3 heteroatoms. The van der Waals surface area contributed by atoms with Gasteiger partial charge in [-0.3, -0.25) is 9.80 Å². The van der Waals surface area contributed by atoms with Crippen molar-refractivity contribution in [2.24, 2.45) is 5.92 Å². The number of thioether (sulfide) groups is 1. The lowest BCUT2D eigenvalue weighted by molar-refractivity contribution is 0.0595.